The lowest BCUT2D eigenvalue weighted by atomic mass is 9.88. The Labute approximate surface area is 128 Å². The first-order chi connectivity index (χ1) is 10.1. The summed E-state index contributed by atoms with van der Waals surface area (Å²) in [6.45, 7) is 8.79. The molecule has 0 aromatic carbocycles. The van der Waals surface area contributed by atoms with Crippen LogP contribution in [0.4, 0.5) is 0 Å². The van der Waals surface area contributed by atoms with Crippen LogP contribution in [0.1, 0.15) is 27.2 Å². The van der Waals surface area contributed by atoms with E-state index in [-0.39, 0.29) is 18.5 Å². The molecule has 126 valence electrons. The Morgan fingerprint density at radius 2 is 1.81 bits per heavy atom. The molecule has 21 heavy (non-hydrogen) atoms. The predicted molar refractivity (Wildman–Crippen MR) is 78.4 cm³/mol. The fraction of sp³-hybridized carbons (Fsp3) is 1.00. The van der Waals surface area contributed by atoms with Crippen LogP contribution < -0.4 is 0 Å². The topological polar surface area (TPSA) is 55.4 Å². The van der Waals surface area contributed by atoms with Crippen molar-refractivity contribution in [1.82, 2.24) is 0 Å². The number of hydrogen-bond acceptors (Lipinski definition) is 6. The molecule has 1 rings (SSSR count). The lowest BCUT2D eigenvalue weighted by Gasteiger charge is -2.46. The highest BCUT2D eigenvalue weighted by atomic mass is 16.7. The number of methoxy groups -OCH3 is 2. The molecule has 4 atom stereocenters. The van der Waals surface area contributed by atoms with Gasteiger partial charge < -0.3 is 28.4 Å². The van der Waals surface area contributed by atoms with Gasteiger partial charge in [0.15, 0.2) is 6.29 Å². The molecule has 0 bridgehead atoms. The Morgan fingerprint density at radius 1 is 1.10 bits per heavy atom. The van der Waals surface area contributed by atoms with E-state index in [1.807, 2.05) is 20.8 Å². The van der Waals surface area contributed by atoms with Gasteiger partial charge in [0.25, 0.3) is 0 Å². The van der Waals surface area contributed by atoms with Crippen molar-refractivity contribution in [1.29, 1.82) is 0 Å². The third-order valence-electron chi connectivity index (χ3n) is 3.74. The molecule has 0 N–H and O–H groups in total. The predicted octanol–water partition coefficient (Wildman–Crippen LogP) is 1.61. The first kappa shape index (κ1) is 18.8. The number of ether oxygens (including phenoxy) is 6. The molecular formula is C15H30O6. The maximum Gasteiger partial charge on any atom is 0.160 e. The van der Waals surface area contributed by atoms with Gasteiger partial charge in [0.1, 0.15) is 6.10 Å². The van der Waals surface area contributed by atoms with E-state index in [2.05, 4.69) is 0 Å². The van der Waals surface area contributed by atoms with Crippen molar-refractivity contribution in [3.63, 3.8) is 0 Å². The van der Waals surface area contributed by atoms with Gasteiger partial charge in [0.2, 0.25) is 0 Å². The van der Waals surface area contributed by atoms with Crippen molar-refractivity contribution in [3.05, 3.63) is 0 Å². The highest BCUT2D eigenvalue weighted by Crippen LogP contribution is 2.34. The van der Waals surface area contributed by atoms with E-state index in [1.54, 1.807) is 14.2 Å². The zero-order valence-corrected chi connectivity index (χ0v) is 13.9. The molecule has 0 saturated carbocycles. The van der Waals surface area contributed by atoms with Crippen molar-refractivity contribution in [2.24, 2.45) is 0 Å². The molecule has 1 aliphatic heterocycles. The van der Waals surface area contributed by atoms with E-state index in [0.29, 0.717) is 39.5 Å². The standard InChI is InChI=1S/C15H30O6/c1-6-19-13-11-15(3,17-5)14(12(2)21-13)20-10-9-18-8-7-16-4/h12-14H,6-11H2,1-5H3/t12-,13-,14-,15+/m0/s1. The second-order valence-corrected chi connectivity index (χ2v) is 5.34. The molecule has 1 fully saturated rings. The van der Waals surface area contributed by atoms with E-state index in [1.165, 1.54) is 0 Å². The SMILES string of the molecule is CCO[C@@H]1C[C@@](C)(OC)[C@@H](OCCOCCOC)[C@H](C)O1. The summed E-state index contributed by atoms with van der Waals surface area (Å²) in [5.41, 5.74) is -0.427. The van der Waals surface area contributed by atoms with Crippen LogP contribution >= 0.6 is 0 Å². The van der Waals surface area contributed by atoms with Crippen LogP contribution in [0.25, 0.3) is 0 Å². The minimum absolute atomic E-state index is 0.0979. The Bertz CT molecular complexity index is 275. The fourth-order valence-corrected chi connectivity index (χ4v) is 2.58. The highest BCUT2D eigenvalue weighted by Gasteiger charge is 2.46. The van der Waals surface area contributed by atoms with Crippen LogP contribution in [0.5, 0.6) is 0 Å². The van der Waals surface area contributed by atoms with Gasteiger partial charge in [-0.1, -0.05) is 0 Å². The van der Waals surface area contributed by atoms with Crippen molar-refractivity contribution in [2.75, 3.05) is 47.3 Å². The smallest absolute Gasteiger partial charge is 0.160 e. The van der Waals surface area contributed by atoms with E-state index in [0.717, 1.165) is 0 Å². The monoisotopic (exact) mass is 306 g/mol. The molecule has 6 heteroatoms. The second-order valence-electron chi connectivity index (χ2n) is 5.34. The Balaban J connectivity index is 2.43. The van der Waals surface area contributed by atoms with Gasteiger partial charge in [-0.05, 0) is 20.8 Å². The van der Waals surface area contributed by atoms with Crippen LogP contribution in [0.3, 0.4) is 0 Å². The summed E-state index contributed by atoms with van der Waals surface area (Å²) in [4.78, 5) is 0. The summed E-state index contributed by atoms with van der Waals surface area (Å²) < 4.78 is 33.4. The summed E-state index contributed by atoms with van der Waals surface area (Å²) >= 11 is 0. The minimum atomic E-state index is -0.427. The second kappa shape index (κ2) is 9.71. The summed E-state index contributed by atoms with van der Waals surface area (Å²) in [7, 11) is 3.35. The Kier molecular flexibility index (Phi) is 8.70. The van der Waals surface area contributed by atoms with Crippen LogP contribution in [-0.4, -0.2) is 71.4 Å². The third-order valence-corrected chi connectivity index (χ3v) is 3.74. The molecule has 1 heterocycles. The lowest BCUT2D eigenvalue weighted by molar-refractivity contribution is -0.286. The van der Waals surface area contributed by atoms with Gasteiger partial charge in [-0.2, -0.15) is 0 Å². The summed E-state index contributed by atoms with van der Waals surface area (Å²) in [5, 5.41) is 0. The lowest BCUT2D eigenvalue weighted by Crippen LogP contribution is -2.57. The highest BCUT2D eigenvalue weighted by molar-refractivity contribution is 4.93. The molecule has 0 spiro atoms. The van der Waals surface area contributed by atoms with E-state index in [4.69, 9.17) is 28.4 Å². The van der Waals surface area contributed by atoms with Crippen molar-refractivity contribution in [2.45, 2.75) is 51.3 Å². The molecule has 0 aliphatic carbocycles. The van der Waals surface area contributed by atoms with Gasteiger partial charge >= 0.3 is 0 Å². The average molecular weight is 306 g/mol. The largest absolute Gasteiger partial charge is 0.382 e. The van der Waals surface area contributed by atoms with Crippen molar-refractivity contribution >= 4 is 0 Å². The molecule has 1 aliphatic rings. The first-order valence-corrected chi connectivity index (χ1v) is 7.58. The normalized spacial score (nSPS) is 33.3. The average Bonchev–Trinajstić information content (AvgIpc) is 2.45. The van der Waals surface area contributed by atoms with Gasteiger partial charge in [-0.25, -0.2) is 0 Å². The Hall–Kier alpha value is -0.240. The molecular weight excluding hydrogens is 276 g/mol. The third kappa shape index (κ3) is 5.81. The van der Waals surface area contributed by atoms with Gasteiger partial charge in [0, 0.05) is 27.2 Å². The molecule has 0 aromatic rings. The quantitative estimate of drug-likeness (QED) is 0.572. The molecule has 1 saturated heterocycles. The Morgan fingerprint density at radius 3 is 2.43 bits per heavy atom. The van der Waals surface area contributed by atoms with Crippen molar-refractivity contribution in [3.8, 4) is 0 Å². The van der Waals surface area contributed by atoms with Gasteiger partial charge in [-0.15, -0.1) is 0 Å². The zero-order chi connectivity index (χ0) is 15.7. The van der Waals surface area contributed by atoms with Crippen LogP contribution in [-0.2, 0) is 28.4 Å². The maximum absolute atomic E-state index is 5.94. The van der Waals surface area contributed by atoms with Crippen molar-refractivity contribution < 1.29 is 28.4 Å². The summed E-state index contributed by atoms with van der Waals surface area (Å²) in [5.74, 6) is 0. The molecule has 0 radical (unpaired) electrons. The summed E-state index contributed by atoms with van der Waals surface area (Å²) in [6, 6.07) is 0. The first-order valence-electron chi connectivity index (χ1n) is 7.58. The maximum atomic E-state index is 5.94. The molecule has 0 unspecified atom stereocenters. The van der Waals surface area contributed by atoms with E-state index in [9.17, 15) is 0 Å². The van der Waals surface area contributed by atoms with E-state index < -0.39 is 5.60 Å². The van der Waals surface area contributed by atoms with Gasteiger partial charge in [-0.3, -0.25) is 0 Å². The number of rotatable bonds is 10. The van der Waals surface area contributed by atoms with Crippen LogP contribution in [0, 0.1) is 0 Å². The van der Waals surface area contributed by atoms with Gasteiger partial charge in [0.05, 0.1) is 38.1 Å². The molecule has 6 nitrogen and oxygen atoms in total. The van der Waals surface area contributed by atoms with Crippen LogP contribution in [0.2, 0.25) is 0 Å². The van der Waals surface area contributed by atoms with Crippen LogP contribution in [0.15, 0.2) is 0 Å². The molecule has 0 aromatic heterocycles. The molecule has 0 amide bonds. The summed E-state index contributed by atoms with van der Waals surface area (Å²) in [6.07, 6.45) is 0.161. The minimum Gasteiger partial charge on any atom is -0.382 e. The number of hydrogen-bond donors (Lipinski definition) is 0. The fourth-order valence-electron chi connectivity index (χ4n) is 2.58. The van der Waals surface area contributed by atoms with E-state index >= 15 is 0 Å². The zero-order valence-electron chi connectivity index (χ0n) is 13.9.